The minimum absolute atomic E-state index is 0.634. The molecule has 5 heteroatoms. The van der Waals surface area contributed by atoms with Gasteiger partial charge in [-0.1, -0.05) is 0 Å². The van der Waals surface area contributed by atoms with E-state index in [9.17, 15) is 0 Å². The van der Waals surface area contributed by atoms with Crippen molar-refractivity contribution < 1.29 is 8.87 Å². The Labute approximate surface area is 58.8 Å². The van der Waals surface area contributed by atoms with Gasteiger partial charge in [-0.25, -0.2) is 0 Å². The Morgan fingerprint density at radius 2 is 1.50 bits per heavy atom. The van der Waals surface area contributed by atoms with E-state index in [4.69, 9.17) is 4.80 Å². The zero-order valence-electron chi connectivity index (χ0n) is 5.73. The van der Waals surface area contributed by atoms with Crippen molar-refractivity contribution in [3.05, 3.63) is 0 Å². The van der Waals surface area contributed by atoms with Crippen LogP contribution in [0.1, 0.15) is 0 Å². The fourth-order valence-electron chi connectivity index (χ4n) is 0. The van der Waals surface area contributed by atoms with E-state index < -0.39 is 8.32 Å². The van der Waals surface area contributed by atoms with Gasteiger partial charge in [0, 0.05) is 0 Å². The van der Waals surface area contributed by atoms with Crippen molar-refractivity contribution in [1.82, 2.24) is 0 Å². The van der Waals surface area contributed by atoms with Gasteiger partial charge in [0.1, 0.15) is 0 Å². The maximum atomic E-state index is 8.66. The Bertz CT molecular complexity index is 41.0. The van der Waals surface area contributed by atoms with Gasteiger partial charge in [0.05, 0.1) is 0 Å². The summed E-state index contributed by atoms with van der Waals surface area (Å²) in [6.45, 7) is 5.65. The second kappa shape index (κ2) is 5.98. The zero-order valence-corrected chi connectivity index (χ0v) is 9.49. The van der Waals surface area contributed by atoms with Crippen molar-refractivity contribution >= 4 is 29.7 Å². The van der Waals surface area contributed by atoms with Crippen LogP contribution < -0.4 is 0 Å². The first-order valence-corrected chi connectivity index (χ1v) is 6.86. The summed E-state index contributed by atoms with van der Waals surface area (Å²) in [5, 5.41) is 0. The Morgan fingerprint density at radius 3 is 1.50 bits per heavy atom. The molecule has 0 saturated heterocycles. The monoisotopic (exact) mass is 176 g/mol. The predicted molar refractivity (Wildman–Crippen MR) is 45.0 cm³/mol. The molecule has 0 heterocycles. The van der Waals surface area contributed by atoms with Crippen LogP contribution in [0.25, 0.3) is 0 Å². The summed E-state index contributed by atoms with van der Waals surface area (Å²) < 4.78 is 3.86. The number of rotatable bonds is 0. The molecule has 0 aliphatic carbocycles. The third-order valence-electron chi connectivity index (χ3n) is 0. The van der Waals surface area contributed by atoms with Crippen LogP contribution in [0.4, 0.5) is 0 Å². The predicted octanol–water partition coefficient (Wildman–Crippen LogP) is 1.23. The van der Waals surface area contributed by atoms with Crippen molar-refractivity contribution in [2.45, 2.75) is 19.6 Å². The third-order valence-corrected chi connectivity index (χ3v) is 0. The molecule has 54 valence electrons. The van der Waals surface area contributed by atoms with E-state index in [0.29, 0.717) is 9.47 Å². The molecule has 0 fully saturated rings. The molecule has 0 rings (SSSR count). The van der Waals surface area contributed by atoms with Crippen LogP contribution in [0, 0.1) is 0 Å². The van der Waals surface area contributed by atoms with E-state index in [1.165, 1.54) is 0 Å². The molecule has 8 heavy (non-hydrogen) atoms. The summed E-state index contributed by atoms with van der Waals surface area (Å²) in [5.41, 5.74) is 0. The van der Waals surface area contributed by atoms with Gasteiger partial charge < -0.3 is 4.80 Å². The molecular formula is C3H14ClO2PSi. The van der Waals surface area contributed by atoms with E-state index in [1.54, 1.807) is 0 Å². The second-order valence-corrected chi connectivity index (χ2v) is 7.90. The summed E-state index contributed by atoms with van der Waals surface area (Å²) >= 11 is 4.56. The number of hydrogen-bond acceptors (Lipinski definition) is 2. The second-order valence-electron chi connectivity index (χ2n) is 2.33. The average Bonchev–Trinajstić information content (AvgIpc) is 1.27. The zero-order chi connectivity index (χ0) is 7.21. The van der Waals surface area contributed by atoms with Crippen LogP contribution in [-0.2, 0) is 4.08 Å². The van der Waals surface area contributed by atoms with Gasteiger partial charge in [0.2, 0.25) is 0 Å². The van der Waals surface area contributed by atoms with E-state index in [-0.39, 0.29) is 0 Å². The summed E-state index contributed by atoms with van der Waals surface area (Å²) in [6.07, 6.45) is 0. The molecule has 0 atom stereocenters. The molecule has 0 radical (unpaired) electrons. The van der Waals surface area contributed by atoms with Gasteiger partial charge in [-0.3, -0.25) is 0 Å². The van der Waals surface area contributed by atoms with E-state index in [1.807, 2.05) is 19.6 Å². The van der Waals surface area contributed by atoms with Crippen molar-refractivity contribution in [3.63, 3.8) is 0 Å². The molecule has 2 nitrogen and oxygen atoms in total. The molecule has 0 bridgehead atoms. The number of hydrogen-bond donors (Lipinski definition) is 1. The molecule has 0 aromatic carbocycles. The first kappa shape index (κ1) is 11.6. The SMILES string of the molecule is C[Si](C)(C)O.[PH4]OCl. The van der Waals surface area contributed by atoms with Crippen molar-refractivity contribution in [1.29, 1.82) is 0 Å². The van der Waals surface area contributed by atoms with E-state index >= 15 is 0 Å². The molecular weight excluding hydrogens is 163 g/mol. The van der Waals surface area contributed by atoms with Crippen LogP contribution in [0.5, 0.6) is 0 Å². The molecule has 0 aromatic rings. The van der Waals surface area contributed by atoms with Crippen molar-refractivity contribution in [3.8, 4) is 0 Å². The maximum absolute atomic E-state index is 8.66. The van der Waals surface area contributed by atoms with Gasteiger partial charge in [-0.2, -0.15) is 0 Å². The summed E-state index contributed by atoms with van der Waals surface area (Å²) in [4.78, 5) is 8.66. The van der Waals surface area contributed by atoms with Crippen LogP contribution in [0.15, 0.2) is 0 Å². The topological polar surface area (TPSA) is 29.5 Å². The van der Waals surface area contributed by atoms with Gasteiger partial charge in [0.15, 0.2) is 8.32 Å². The molecule has 0 unspecified atom stereocenters. The first-order chi connectivity index (χ1) is 3.41. The molecule has 0 spiro atoms. The Balaban J connectivity index is 0. The third kappa shape index (κ3) is 320. The van der Waals surface area contributed by atoms with E-state index in [0.717, 1.165) is 0 Å². The Morgan fingerprint density at radius 1 is 1.50 bits per heavy atom. The Kier molecular flexibility index (Phi) is 8.70. The average molecular weight is 177 g/mol. The van der Waals surface area contributed by atoms with Crippen LogP contribution >= 0.6 is 21.3 Å². The minimum atomic E-state index is -1.61. The van der Waals surface area contributed by atoms with Crippen LogP contribution in [0.3, 0.4) is 0 Å². The Hall–Kier alpha value is 0.857. The summed E-state index contributed by atoms with van der Waals surface area (Å²) in [6, 6.07) is 0. The standard InChI is InChI=1S/C3H10OSi.ClH4OP/c1-5(2,3)4;1-2-3/h4H,1-3H3;3H4. The molecule has 0 aliphatic rings. The van der Waals surface area contributed by atoms with Gasteiger partial charge in [-0.15, -0.1) is 0 Å². The first-order valence-electron chi connectivity index (χ1n) is 2.29. The van der Waals surface area contributed by atoms with E-state index in [2.05, 4.69) is 15.9 Å². The molecule has 0 aliphatic heterocycles. The normalized spacial score (nSPS) is 9.88. The summed E-state index contributed by atoms with van der Waals surface area (Å²) in [7, 11) is -0.977. The molecule has 0 saturated carbocycles. The fraction of sp³-hybridized carbons (Fsp3) is 1.00. The number of halogens is 1. The molecule has 0 aromatic heterocycles. The van der Waals surface area contributed by atoms with Gasteiger partial charge >= 0.3 is 25.4 Å². The van der Waals surface area contributed by atoms with Gasteiger partial charge in [-0.05, 0) is 19.6 Å². The summed E-state index contributed by atoms with van der Waals surface area (Å²) in [5.74, 6) is 0. The van der Waals surface area contributed by atoms with Crippen molar-refractivity contribution in [2.24, 2.45) is 0 Å². The molecule has 1 N–H and O–H groups in total. The quantitative estimate of drug-likeness (QED) is 0.445. The van der Waals surface area contributed by atoms with Crippen molar-refractivity contribution in [2.75, 3.05) is 0 Å². The molecule has 0 amide bonds. The fourth-order valence-corrected chi connectivity index (χ4v) is 0. The van der Waals surface area contributed by atoms with Crippen LogP contribution in [0.2, 0.25) is 19.6 Å². The van der Waals surface area contributed by atoms with Gasteiger partial charge in [0.25, 0.3) is 0 Å². The van der Waals surface area contributed by atoms with Crippen LogP contribution in [-0.4, -0.2) is 13.1 Å².